The molecule has 0 aliphatic carbocycles. The minimum absolute atomic E-state index is 0.124. The van der Waals surface area contributed by atoms with E-state index in [1.165, 1.54) is 0 Å². The molecular formula is C11H21NO2S. The van der Waals surface area contributed by atoms with Crippen LogP contribution < -0.4 is 0 Å². The summed E-state index contributed by atoms with van der Waals surface area (Å²) in [6.07, 6.45) is 2.58. The van der Waals surface area contributed by atoms with E-state index in [1.54, 1.807) is 13.2 Å². The van der Waals surface area contributed by atoms with Crippen molar-refractivity contribution in [2.75, 3.05) is 7.11 Å². The summed E-state index contributed by atoms with van der Waals surface area (Å²) < 4.78 is 20.7. The fraction of sp³-hybridized carbons (Fsp3) is 0.727. The number of rotatable bonds is 4. The predicted octanol–water partition coefficient (Wildman–Crippen LogP) is 2.71. The van der Waals surface area contributed by atoms with Crippen LogP contribution in [0.3, 0.4) is 0 Å². The van der Waals surface area contributed by atoms with E-state index in [2.05, 4.69) is 11.0 Å². The quantitative estimate of drug-likeness (QED) is 0.424. The second-order valence-corrected chi connectivity index (χ2v) is 6.33. The van der Waals surface area contributed by atoms with Gasteiger partial charge in [0.2, 0.25) is 0 Å². The topological polar surface area (TPSA) is 38.7 Å². The van der Waals surface area contributed by atoms with Gasteiger partial charge in [0.25, 0.3) is 0 Å². The van der Waals surface area contributed by atoms with Gasteiger partial charge in [0.15, 0.2) is 5.90 Å². The van der Waals surface area contributed by atoms with Crippen LogP contribution in [0, 0.1) is 5.92 Å². The Kier molecular flexibility index (Phi) is 5.80. The first-order valence-electron chi connectivity index (χ1n) is 4.98. The lowest BCUT2D eigenvalue weighted by molar-refractivity contribution is 0.372. The fourth-order valence-corrected chi connectivity index (χ4v) is 1.59. The van der Waals surface area contributed by atoms with E-state index in [-0.39, 0.29) is 10.7 Å². The molecule has 0 saturated carbocycles. The van der Waals surface area contributed by atoms with Gasteiger partial charge in [0.1, 0.15) is 11.0 Å². The lowest BCUT2D eigenvalue weighted by Crippen LogP contribution is -2.23. The summed E-state index contributed by atoms with van der Waals surface area (Å²) in [6, 6.07) is 0. The van der Waals surface area contributed by atoms with Gasteiger partial charge in [-0.05, 0) is 27.2 Å². The highest BCUT2D eigenvalue weighted by atomic mass is 32.2. The molecule has 2 atom stereocenters. The van der Waals surface area contributed by atoms with Crippen LogP contribution in [0.1, 0.15) is 34.1 Å². The zero-order chi connectivity index (χ0) is 12.1. The zero-order valence-electron chi connectivity index (χ0n) is 10.2. The Morgan fingerprint density at radius 1 is 1.60 bits per heavy atom. The fourth-order valence-electron chi connectivity index (χ4n) is 0.898. The molecule has 0 aliphatic rings. The number of hydrogen-bond acceptors (Lipinski definition) is 2. The third-order valence-corrected chi connectivity index (χ3v) is 3.24. The molecule has 3 nitrogen and oxygen atoms in total. The minimum atomic E-state index is -1.26. The number of hydrogen-bond donors (Lipinski definition) is 0. The van der Waals surface area contributed by atoms with Gasteiger partial charge in [-0.1, -0.05) is 13.0 Å². The molecule has 0 aromatic heterocycles. The van der Waals surface area contributed by atoms with Crippen LogP contribution in [0.5, 0.6) is 0 Å². The molecule has 0 aliphatic heterocycles. The van der Waals surface area contributed by atoms with Crippen LogP contribution >= 0.6 is 0 Å². The smallest absolute Gasteiger partial charge is 0.200 e. The van der Waals surface area contributed by atoms with E-state index < -0.39 is 11.0 Å². The number of methoxy groups -OCH3 is 1. The number of nitrogens with zero attached hydrogens (tertiary/aromatic N) is 1. The first-order valence-corrected chi connectivity index (χ1v) is 6.09. The van der Waals surface area contributed by atoms with Crippen LogP contribution in [-0.4, -0.2) is 22.0 Å². The van der Waals surface area contributed by atoms with Crippen molar-refractivity contribution < 1.29 is 8.95 Å². The first kappa shape index (κ1) is 14.4. The molecule has 1 unspecified atom stereocenters. The normalized spacial score (nSPS) is 17.0. The second-order valence-electron chi connectivity index (χ2n) is 4.42. The van der Waals surface area contributed by atoms with Gasteiger partial charge in [0.05, 0.1) is 11.9 Å². The van der Waals surface area contributed by atoms with Crippen LogP contribution in [0.15, 0.2) is 17.1 Å². The van der Waals surface area contributed by atoms with Gasteiger partial charge in [-0.3, -0.25) is 0 Å². The molecule has 0 fully saturated rings. The van der Waals surface area contributed by atoms with Crippen LogP contribution in [0.4, 0.5) is 0 Å². The Balaban J connectivity index is 4.73. The molecule has 0 radical (unpaired) electrons. The highest BCUT2D eigenvalue weighted by molar-refractivity contribution is 7.85. The summed E-state index contributed by atoms with van der Waals surface area (Å²) >= 11 is 0. The van der Waals surface area contributed by atoms with Crippen molar-refractivity contribution in [3.8, 4) is 0 Å². The van der Waals surface area contributed by atoms with Gasteiger partial charge in [-0.2, -0.15) is 4.40 Å². The molecule has 0 aromatic carbocycles. The molecule has 0 heterocycles. The summed E-state index contributed by atoms with van der Waals surface area (Å²) in [4.78, 5) is 0. The SMILES string of the molecule is C=CCC(C)/C(=N/[S@](=O)C(C)(C)C)OC. The minimum Gasteiger partial charge on any atom is -0.483 e. The van der Waals surface area contributed by atoms with E-state index in [9.17, 15) is 4.21 Å². The molecular weight excluding hydrogens is 210 g/mol. The molecule has 0 spiro atoms. The molecule has 0 saturated heterocycles. The third-order valence-electron chi connectivity index (χ3n) is 1.85. The van der Waals surface area contributed by atoms with E-state index in [0.29, 0.717) is 5.90 Å². The second kappa shape index (κ2) is 6.05. The Hall–Kier alpha value is -0.640. The molecule has 4 heteroatoms. The predicted molar refractivity (Wildman–Crippen MR) is 66.3 cm³/mol. The Labute approximate surface area is 95.2 Å². The Bertz CT molecular complexity index is 266. The molecule has 0 N–H and O–H groups in total. The molecule has 15 heavy (non-hydrogen) atoms. The van der Waals surface area contributed by atoms with Gasteiger partial charge in [0, 0.05) is 5.92 Å². The average Bonchev–Trinajstić information content (AvgIpc) is 2.12. The number of ether oxygens (including phenoxy) is 1. The van der Waals surface area contributed by atoms with Crippen molar-refractivity contribution in [1.82, 2.24) is 0 Å². The maximum Gasteiger partial charge on any atom is 0.200 e. The third kappa shape index (κ3) is 5.11. The summed E-state index contributed by atoms with van der Waals surface area (Å²) in [6.45, 7) is 11.3. The lowest BCUT2D eigenvalue weighted by Gasteiger charge is -2.16. The highest BCUT2D eigenvalue weighted by Crippen LogP contribution is 2.15. The maximum absolute atomic E-state index is 11.8. The molecule has 0 amide bonds. The Morgan fingerprint density at radius 2 is 2.13 bits per heavy atom. The van der Waals surface area contributed by atoms with Gasteiger partial charge in [-0.15, -0.1) is 6.58 Å². The van der Waals surface area contributed by atoms with Crippen molar-refractivity contribution in [2.45, 2.75) is 38.9 Å². The lowest BCUT2D eigenvalue weighted by atomic mass is 10.1. The summed E-state index contributed by atoms with van der Waals surface area (Å²) in [7, 11) is 0.291. The van der Waals surface area contributed by atoms with Crippen molar-refractivity contribution in [3.63, 3.8) is 0 Å². The van der Waals surface area contributed by atoms with Crippen LogP contribution in [-0.2, 0) is 15.7 Å². The van der Waals surface area contributed by atoms with Crippen molar-refractivity contribution in [2.24, 2.45) is 10.3 Å². The van der Waals surface area contributed by atoms with Crippen molar-refractivity contribution >= 4 is 16.9 Å². The summed E-state index contributed by atoms with van der Waals surface area (Å²) in [5.74, 6) is 0.655. The maximum atomic E-state index is 11.8. The van der Waals surface area contributed by atoms with Crippen molar-refractivity contribution in [1.29, 1.82) is 0 Å². The highest BCUT2D eigenvalue weighted by Gasteiger charge is 2.21. The van der Waals surface area contributed by atoms with Crippen LogP contribution in [0.25, 0.3) is 0 Å². The average molecular weight is 231 g/mol. The molecule has 0 rings (SSSR count). The van der Waals surface area contributed by atoms with E-state index in [1.807, 2.05) is 27.7 Å². The number of allylic oxidation sites excluding steroid dienone is 1. The van der Waals surface area contributed by atoms with E-state index in [0.717, 1.165) is 6.42 Å². The summed E-state index contributed by atoms with van der Waals surface area (Å²) in [5.41, 5.74) is 0. The summed E-state index contributed by atoms with van der Waals surface area (Å²) in [5, 5.41) is 0. The zero-order valence-corrected chi connectivity index (χ0v) is 11.1. The van der Waals surface area contributed by atoms with Gasteiger partial charge in [-0.25, -0.2) is 4.21 Å². The molecule has 0 aromatic rings. The Morgan fingerprint density at radius 3 is 2.47 bits per heavy atom. The van der Waals surface area contributed by atoms with E-state index in [4.69, 9.17) is 4.74 Å². The standard InChI is InChI=1S/C11H21NO2S/c1-7-8-9(2)10(14-6)12-15(13)11(3,4)5/h7,9H,1,8H2,2-6H3/b12-10-/t9?,15-/m1/s1. The van der Waals surface area contributed by atoms with Crippen LogP contribution in [0.2, 0.25) is 0 Å². The first-order chi connectivity index (χ1) is 6.82. The van der Waals surface area contributed by atoms with Crippen molar-refractivity contribution in [3.05, 3.63) is 12.7 Å². The van der Waals surface area contributed by atoms with E-state index >= 15 is 0 Å². The molecule has 88 valence electrons. The largest absolute Gasteiger partial charge is 0.483 e. The molecule has 0 bridgehead atoms. The van der Waals surface area contributed by atoms with Gasteiger partial charge >= 0.3 is 0 Å². The van der Waals surface area contributed by atoms with Gasteiger partial charge < -0.3 is 4.74 Å². The monoisotopic (exact) mass is 231 g/mol.